The fraction of sp³-hybridized carbons (Fsp3) is 0.250. The molecule has 0 spiro atoms. The molecule has 3 aromatic rings. The molecule has 0 saturated heterocycles. The standard InChI is InChI=1S/C20H21FN4O/c1-14-19(12-20(26)23-11-9-16-4-3-10-22-13-16)15(2)25(24-14)18-7-5-17(21)6-8-18/h3-8,10,13H,9,11-12H2,1-2H3,(H,23,26). The maximum atomic E-state index is 13.1. The highest BCUT2D eigenvalue weighted by Gasteiger charge is 2.15. The van der Waals surface area contributed by atoms with Crippen LogP contribution in [0, 0.1) is 19.7 Å². The van der Waals surface area contributed by atoms with Gasteiger partial charge in [-0.3, -0.25) is 9.78 Å². The number of hydrogen-bond acceptors (Lipinski definition) is 3. The molecule has 0 radical (unpaired) electrons. The van der Waals surface area contributed by atoms with Crippen LogP contribution in [0.1, 0.15) is 22.5 Å². The van der Waals surface area contributed by atoms with Gasteiger partial charge in [0.15, 0.2) is 0 Å². The number of rotatable bonds is 6. The van der Waals surface area contributed by atoms with Gasteiger partial charge in [-0.05, 0) is 56.2 Å². The molecular weight excluding hydrogens is 331 g/mol. The van der Waals surface area contributed by atoms with Crippen molar-refractivity contribution in [2.24, 2.45) is 0 Å². The minimum absolute atomic E-state index is 0.0428. The number of carbonyl (C=O) groups excluding carboxylic acids is 1. The molecular formula is C20H21FN4O. The van der Waals surface area contributed by atoms with Crippen molar-refractivity contribution in [1.29, 1.82) is 0 Å². The Balaban J connectivity index is 1.64. The molecule has 6 heteroatoms. The molecule has 0 bridgehead atoms. The lowest BCUT2D eigenvalue weighted by Gasteiger charge is -2.07. The molecule has 0 aliphatic heterocycles. The van der Waals surface area contributed by atoms with Crippen LogP contribution in [0.25, 0.3) is 5.69 Å². The first kappa shape index (κ1) is 17.8. The Labute approximate surface area is 151 Å². The van der Waals surface area contributed by atoms with Crippen LogP contribution in [0.5, 0.6) is 0 Å². The summed E-state index contributed by atoms with van der Waals surface area (Å²) in [6.07, 6.45) is 4.54. The van der Waals surface area contributed by atoms with Crippen LogP contribution in [0.15, 0.2) is 48.8 Å². The van der Waals surface area contributed by atoms with Crippen molar-refractivity contribution in [2.45, 2.75) is 26.7 Å². The Morgan fingerprint density at radius 1 is 1.19 bits per heavy atom. The van der Waals surface area contributed by atoms with Crippen molar-refractivity contribution >= 4 is 5.91 Å². The second kappa shape index (κ2) is 7.91. The first-order valence-corrected chi connectivity index (χ1v) is 8.51. The molecule has 0 unspecified atom stereocenters. The van der Waals surface area contributed by atoms with Crippen molar-refractivity contribution < 1.29 is 9.18 Å². The lowest BCUT2D eigenvalue weighted by atomic mass is 10.1. The molecule has 0 fully saturated rings. The zero-order valence-corrected chi connectivity index (χ0v) is 14.9. The predicted molar refractivity (Wildman–Crippen MR) is 97.7 cm³/mol. The number of carbonyl (C=O) groups is 1. The first-order chi connectivity index (χ1) is 12.5. The van der Waals surface area contributed by atoms with E-state index >= 15 is 0 Å². The Kier molecular flexibility index (Phi) is 5.41. The molecule has 134 valence electrons. The molecule has 1 aromatic carbocycles. The van der Waals surface area contributed by atoms with Crippen LogP contribution in [0.2, 0.25) is 0 Å². The van der Waals surface area contributed by atoms with E-state index < -0.39 is 0 Å². The van der Waals surface area contributed by atoms with Crippen LogP contribution < -0.4 is 5.32 Å². The van der Waals surface area contributed by atoms with Gasteiger partial charge in [-0.25, -0.2) is 9.07 Å². The smallest absolute Gasteiger partial charge is 0.224 e. The maximum Gasteiger partial charge on any atom is 0.224 e. The van der Waals surface area contributed by atoms with Gasteiger partial charge < -0.3 is 5.32 Å². The third kappa shape index (κ3) is 4.14. The number of aryl methyl sites for hydroxylation is 1. The Morgan fingerprint density at radius 3 is 2.65 bits per heavy atom. The van der Waals surface area contributed by atoms with E-state index in [-0.39, 0.29) is 18.1 Å². The van der Waals surface area contributed by atoms with Gasteiger partial charge in [-0.2, -0.15) is 5.10 Å². The lowest BCUT2D eigenvalue weighted by Crippen LogP contribution is -2.27. The Morgan fingerprint density at radius 2 is 1.96 bits per heavy atom. The summed E-state index contributed by atoms with van der Waals surface area (Å²) in [6.45, 7) is 4.36. The van der Waals surface area contributed by atoms with Crippen molar-refractivity contribution in [1.82, 2.24) is 20.1 Å². The first-order valence-electron chi connectivity index (χ1n) is 8.51. The second-order valence-corrected chi connectivity index (χ2v) is 6.18. The highest BCUT2D eigenvalue weighted by molar-refractivity contribution is 5.79. The lowest BCUT2D eigenvalue weighted by molar-refractivity contribution is -0.120. The van der Waals surface area contributed by atoms with Gasteiger partial charge in [0.25, 0.3) is 0 Å². The summed E-state index contributed by atoms with van der Waals surface area (Å²) in [4.78, 5) is 16.3. The molecule has 1 N–H and O–H groups in total. The quantitative estimate of drug-likeness (QED) is 0.742. The normalized spacial score (nSPS) is 10.7. The monoisotopic (exact) mass is 352 g/mol. The molecule has 5 nitrogen and oxygen atoms in total. The Bertz CT molecular complexity index is 888. The average molecular weight is 352 g/mol. The SMILES string of the molecule is Cc1nn(-c2ccc(F)cc2)c(C)c1CC(=O)NCCc1cccnc1. The second-order valence-electron chi connectivity index (χ2n) is 6.18. The number of nitrogens with one attached hydrogen (secondary N) is 1. The maximum absolute atomic E-state index is 13.1. The van der Waals surface area contributed by atoms with Crippen molar-refractivity contribution in [3.05, 3.63) is 77.1 Å². The van der Waals surface area contributed by atoms with Crippen LogP contribution in [0.4, 0.5) is 4.39 Å². The average Bonchev–Trinajstić information content (AvgIpc) is 2.91. The van der Waals surface area contributed by atoms with Crippen molar-refractivity contribution in [2.75, 3.05) is 6.54 Å². The zero-order chi connectivity index (χ0) is 18.5. The number of hydrogen-bond donors (Lipinski definition) is 1. The largest absolute Gasteiger partial charge is 0.355 e. The molecule has 26 heavy (non-hydrogen) atoms. The summed E-state index contributed by atoms with van der Waals surface area (Å²) in [7, 11) is 0. The van der Waals surface area contributed by atoms with E-state index in [2.05, 4.69) is 15.4 Å². The third-order valence-corrected chi connectivity index (χ3v) is 4.31. The van der Waals surface area contributed by atoms with Crippen LogP contribution in [-0.2, 0) is 17.6 Å². The summed E-state index contributed by atoms with van der Waals surface area (Å²) in [5.41, 5.74) is 4.44. The summed E-state index contributed by atoms with van der Waals surface area (Å²) in [5.74, 6) is -0.331. The van der Waals surface area contributed by atoms with Crippen LogP contribution in [0.3, 0.4) is 0 Å². The molecule has 0 aliphatic rings. The number of nitrogens with zero attached hydrogens (tertiary/aromatic N) is 3. The van der Waals surface area contributed by atoms with Crippen LogP contribution >= 0.6 is 0 Å². The van der Waals surface area contributed by atoms with Gasteiger partial charge in [-0.15, -0.1) is 0 Å². The number of halogens is 1. The number of amides is 1. The van der Waals surface area contributed by atoms with E-state index in [0.717, 1.165) is 34.6 Å². The van der Waals surface area contributed by atoms with Gasteiger partial charge >= 0.3 is 0 Å². The molecule has 0 atom stereocenters. The van der Waals surface area contributed by atoms with E-state index in [4.69, 9.17) is 0 Å². The van der Waals surface area contributed by atoms with E-state index in [1.54, 1.807) is 29.2 Å². The molecule has 2 heterocycles. The van der Waals surface area contributed by atoms with Gasteiger partial charge in [0, 0.05) is 30.2 Å². The van der Waals surface area contributed by atoms with Crippen LogP contribution in [-0.4, -0.2) is 27.2 Å². The topological polar surface area (TPSA) is 59.8 Å². The summed E-state index contributed by atoms with van der Waals surface area (Å²) < 4.78 is 14.9. The number of aromatic nitrogens is 3. The molecule has 0 aliphatic carbocycles. The molecule has 3 rings (SSSR count). The molecule has 1 amide bonds. The molecule has 2 aromatic heterocycles. The fourth-order valence-electron chi connectivity index (χ4n) is 2.88. The van der Waals surface area contributed by atoms with Gasteiger partial charge in [0.2, 0.25) is 5.91 Å². The van der Waals surface area contributed by atoms with E-state index in [1.807, 2.05) is 26.0 Å². The summed E-state index contributed by atoms with van der Waals surface area (Å²) in [5, 5.41) is 7.43. The van der Waals surface area contributed by atoms with Gasteiger partial charge in [0.1, 0.15) is 5.82 Å². The number of pyridine rings is 1. The van der Waals surface area contributed by atoms with E-state index in [9.17, 15) is 9.18 Å². The highest BCUT2D eigenvalue weighted by Crippen LogP contribution is 2.18. The predicted octanol–water partition coefficient (Wildman–Crippen LogP) is 2.92. The highest BCUT2D eigenvalue weighted by atomic mass is 19.1. The minimum atomic E-state index is -0.288. The molecule has 0 saturated carbocycles. The van der Waals surface area contributed by atoms with E-state index in [1.165, 1.54) is 12.1 Å². The summed E-state index contributed by atoms with van der Waals surface area (Å²) >= 11 is 0. The fourth-order valence-corrected chi connectivity index (χ4v) is 2.88. The van der Waals surface area contributed by atoms with Gasteiger partial charge in [-0.1, -0.05) is 6.07 Å². The Hall–Kier alpha value is -3.02. The number of benzene rings is 1. The van der Waals surface area contributed by atoms with E-state index in [0.29, 0.717) is 6.54 Å². The van der Waals surface area contributed by atoms with Crippen molar-refractivity contribution in [3.8, 4) is 5.69 Å². The third-order valence-electron chi connectivity index (χ3n) is 4.31. The van der Waals surface area contributed by atoms with Gasteiger partial charge in [0.05, 0.1) is 17.8 Å². The summed E-state index contributed by atoms with van der Waals surface area (Å²) in [6, 6.07) is 10.0. The van der Waals surface area contributed by atoms with Crippen molar-refractivity contribution in [3.63, 3.8) is 0 Å². The minimum Gasteiger partial charge on any atom is -0.355 e. The zero-order valence-electron chi connectivity index (χ0n) is 14.9.